The quantitative estimate of drug-likeness (QED) is 0.589. The zero-order chi connectivity index (χ0) is 19.3. The molecule has 2 N–H and O–H groups in total. The average Bonchev–Trinajstić information content (AvgIpc) is 2.54. The highest BCUT2D eigenvalue weighted by Crippen LogP contribution is 2.31. The lowest BCUT2D eigenvalue weighted by molar-refractivity contribution is 0.243. The van der Waals surface area contributed by atoms with Crippen LogP contribution < -0.4 is 15.0 Å². The van der Waals surface area contributed by atoms with Crippen LogP contribution in [-0.2, 0) is 10.0 Å². The van der Waals surface area contributed by atoms with Gasteiger partial charge in [-0.1, -0.05) is 12.1 Å². The number of aryl methyl sites for hydroxylation is 1. The van der Waals surface area contributed by atoms with E-state index < -0.39 is 16.1 Å². The molecular weight excluding hydrogens is 358 g/mol. The number of benzene rings is 1. The van der Waals surface area contributed by atoms with Crippen molar-refractivity contribution in [2.75, 3.05) is 5.01 Å². The number of hydrogen-bond acceptors (Lipinski definition) is 6. The number of urea groups is 1. The number of pyridine rings is 1. The third kappa shape index (κ3) is 4.54. The lowest BCUT2D eigenvalue weighted by Gasteiger charge is -2.19. The SMILES string of the molecule is Cc1cccc(N(N=O)c2ccncc2S(=O)(=O)NC(=O)NC(C)C)c1. The molecule has 0 saturated heterocycles. The van der Waals surface area contributed by atoms with Crippen LogP contribution in [0.5, 0.6) is 0 Å². The van der Waals surface area contributed by atoms with Crippen molar-refractivity contribution < 1.29 is 13.2 Å². The molecule has 26 heavy (non-hydrogen) atoms. The van der Waals surface area contributed by atoms with Gasteiger partial charge in [0.15, 0.2) is 0 Å². The molecule has 0 fully saturated rings. The van der Waals surface area contributed by atoms with E-state index in [9.17, 15) is 18.1 Å². The van der Waals surface area contributed by atoms with Gasteiger partial charge in [0, 0.05) is 18.4 Å². The van der Waals surface area contributed by atoms with E-state index in [1.807, 2.05) is 17.7 Å². The van der Waals surface area contributed by atoms with Crippen molar-refractivity contribution in [2.45, 2.75) is 31.7 Å². The van der Waals surface area contributed by atoms with E-state index in [4.69, 9.17) is 0 Å². The molecule has 0 aliphatic heterocycles. The van der Waals surface area contributed by atoms with E-state index in [1.54, 1.807) is 32.0 Å². The van der Waals surface area contributed by atoms with E-state index in [2.05, 4.69) is 15.6 Å². The van der Waals surface area contributed by atoms with Gasteiger partial charge in [-0.25, -0.2) is 17.9 Å². The second kappa shape index (κ2) is 7.91. The fourth-order valence-corrected chi connectivity index (χ4v) is 3.26. The Morgan fingerprint density at radius 1 is 1.27 bits per heavy atom. The Hall–Kier alpha value is -3.01. The molecule has 0 aliphatic carbocycles. The lowest BCUT2D eigenvalue weighted by Crippen LogP contribution is -2.42. The second-order valence-electron chi connectivity index (χ2n) is 5.81. The van der Waals surface area contributed by atoms with Crippen LogP contribution in [-0.4, -0.2) is 25.5 Å². The monoisotopic (exact) mass is 377 g/mol. The normalized spacial score (nSPS) is 11.1. The molecule has 138 valence electrons. The van der Waals surface area contributed by atoms with Crippen LogP contribution in [0.1, 0.15) is 19.4 Å². The fourth-order valence-electron chi connectivity index (χ4n) is 2.21. The molecule has 2 aromatic rings. The number of rotatable bonds is 6. The highest BCUT2D eigenvalue weighted by Gasteiger charge is 2.26. The van der Waals surface area contributed by atoms with E-state index in [1.165, 1.54) is 12.3 Å². The van der Waals surface area contributed by atoms with Gasteiger partial charge >= 0.3 is 6.03 Å². The molecule has 2 amide bonds. The Morgan fingerprint density at radius 3 is 2.62 bits per heavy atom. The third-order valence-electron chi connectivity index (χ3n) is 3.26. The molecule has 0 unspecified atom stereocenters. The standard InChI is InChI=1S/C16H19N5O4S/c1-11(2)18-16(22)19-26(24,25)15-10-17-8-7-14(15)21(20-23)13-6-4-5-12(3)9-13/h4-11H,1-3H3,(H2,18,19,22). The third-order valence-corrected chi connectivity index (χ3v) is 4.60. The number of carbonyl (C=O) groups is 1. The number of nitrogens with zero attached hydrogens (tertiary/aromatic N) is 3. The largest absolute Gasteiger partial charge is 0.335 e. The first-order chi connectivity index (χ1) is 12.2. The molecule has 0 radical (unpaired) electrons. The summed E-state index contributed by atoms with van der Waals surface area (Å²) in [7, 11) is -4.27. The molecular formula is C16H19N5O4S. The van der Waals surface area contributed by atoms with Gasteiger partial charge in [-0.2, -0.15) is 5.01 Å². The Labute approximate surface area is 151 Å². The minimum Gasteiger partial charge on any atom is -0.335 e. The Kier molecular flexibility index (Phi) is 5.88. The van der Waals surface area contributed by atoms with Crippen molar-refractivity contribution >= 4 is 27.4 Å². The van der Waals surface area contributed by atoms with Crippen LogP contribution in [0.25, 0.3) is 0 Å². The first-order valence-corrected chi connectivity index (χ1v) is 9.20. The van der Waals surface area contributed by atoms with Crippen molar-refractivity contribution in [2.24, 2.45) is 5.29 Å². The molecule has 9 nitrogen and oxygen atoms in total. The maximum Gasteiger partial charge on any atom is 0.328 e. The molecule has 0 saturated carbocycles. The topological polar surface area (TPSA) is 121 Å². The lowest BCUT2D eigenvalue weighted by atomic mass is 10.2. The van der Waals surface area contributed by atoms with Gasteiger partial charge in [-0.05, 0) is 44.5 Å². The van der Waals surface area contributed by atoms with E-state index in [-0.39, 0.29) is 16.6 Å². The molecule has 0 spiro atoms. The van der Waals surface area contributed by atoms with Gasteiger partial charge in [-0.3, -0.25) is 4.98 Å². The number of nitroso groups, excluding NO2 is 1. The van der Waals surface area contributed by atoms with Gasteiger partial charge in [0.1, 0.15) is 4.90 Å². The van der Waals surface area contributed by atoms with Crippen LogP contribution in [0.3, 0.4) is 0 Å². The summed E-state index contributed by atoms with van der Waals surface area (Å²) in [6.07, 6.45) is 2.38. The number of amides is 2. The Morgan fingerprint density at radius 2 is 2.00 bits per heavy atom. The summed E-state index contributed by atoms with van der Waals surface area (Å²) < 4.78 is 27.1. The molecule has 0 atom stereocenters. The minimum absolute atomic E-state index is 0.0227. The smallest absolute Gasteiger partial charge is 0.328 e. The predicted molar refractivity (Wildman–Crippen MR) is 97.3 cm³/mol. The maximum absolute atomic E-state index is 12.6. The highest BCUT2D eigenvalue weighted by molar-refractivity contribution is 7.90. The summed E-state index contributed by atoms with van der Waals surface area (Å²) in [5.41, 5.74) is 1.23. The van der Waals surface area contributed by atoms with Crippen molar-refractivity contribution in [3.63, 3.8) is 0 Å². The Balaban J connectivity index is 2.46. The molecule has 0 aliphatic rings. The summed E-state index contributed by atoms with van der Waals surface area (Å²) >= 11 is 0. The Bertz CT molecular complexity index is 914. The van der Waals surface area contributed by atoms with Crippen LogP contribution in [0.2, 0.25) is 0 Å². The number of nitrogens with one attached hydrogen (secondary N) is 2. The van der Waals surface area contributed by atoms with Gasteiger partial charge in [0.05, 0.1) is 16.7 Å². The second-order valence-corrected chi connectivity index (χ2v) is 7.46. The van der Waals surface area contributed by atoms with Crippen LogP contribution in [0, 0.1) is 11.8 Å². The van der Waals surface area contributed by atoms with E-state index >= 15 is 0 Å². The fraction of sp³-hybridized carbons (Fsp3) is 0.250. The summed E-state index contributed by atoms with van der Waals surface area (Å²) in [6, 6.07) is 7.04. The predicted octanol–water partition coefficient (Wildman–Crippen LogP) is 2.61. The molecule has 1 aromatic heterocycles. The van der Waals surface area contributed by atoms with Crippen molar-refractivity contribution in [3.05, 3.63) is 53.2 Å². The van der Waals surface area contributed by atoms with Gasteiger partial charge in [-0.15, -0.1) is 4.91 Å². The molecule has 2 rings (SSSR count). The summed E-state index contributed by atoms with van der Waals surface area (Å²) in [5.74, 6) is 0. The molecule has 0 bridgehead atoms. The number of sulfonamides is 1. The molecule has 1 heterocycles. The summed E-state index contributed by atoms with van der Waals surface area (Å²) in [6.45, 7) is 5.21. The highest BCUT2D eigenvalue weighted by atomic mass is 32.2. The zero-order valence-electron chi connectivity index (χ0n) is 14.5. The maximum atomic E-state index is 12.6. The number of aromatic nitrogens is 1. The van der Waals surface area contributed by atoms with Gasteiger partial charge in [0.2, 0.25) is 0 Å². The number of anilines is 2. The zero-order valence-corrected chi connectivity index (χ0v) is 15.3. The number of hydrogen-bond donors (Lipinski definition) is 2. The van der Waals surface area contributed by atoms with Crippen molar-refractivity contribution in [1.29, 1.82) is 0 Å². The number of carbonyl (C=O) groups excluding carboxylic acids is 1. The summed E-state index contributed by atoms with van der Waals surface area (Å²) in [4.78, 5) is 26.7. The molecule has 10 heteroatoms. The van der Waals surface area contributed by atoms with Crippen LogP contribution in [0.15, 0.2) is 52.9 Å². The van der Waals surface area contributed by atoms with Crippen molar-refractivity contribution in [3.8, 4) is 0 Å². The van der Waals surface area contributed by atoms with Crippen molar-refractivity contribution in [1.82, 2.24) is 15.0 Å². The first kappa shape index (κ1) is 19.3. The van der Waals surface area contributed by atoms with E-state index in [0.29, 0.717) is 5.69 Å². The van der Waals surface area contributed by atoms with Crippen LogP contribution >= 0.6 is 0 Å². The first-order valence-electron chi connectivity index (χ1n) is 7.72. The van der Waals surface area contributed by atoms with Gasteiger partial charge < -0.3 is 5.32 Å². The van der Waals surface area contributed by atoms with E-state index in [0.717, 1.165) is 16.8 Å². The van der Waals surface area contributed by atoms with Crippen LogP contribution in [0.4, 0.5) is 16.2 Å². The minimum atomic E-state index is -4.27. The molecule has 1 aromatic carbocycles. The average molecular weight is 377 g/mol. The van der Waals surface area contributed by atoms with Gasteiger partial charge in [0.25, 0.3) is 10.0 Å². The summed E-state index contributed by atoms with van der Waals surface area (Å²) in [5, 5.41) is 6.29.